The van der Waals surface area contributed by atoms with Crippen LogP contribution in [-0.2, 0) is 24.2 Å². The standard InChI is InChI=1S/C16H24N2O2/c1-13(20)17(2)12-14-3-4-15-5-7-18(9-10-19)8-6-16(15)11-14/h3-4,11,19H,5-10,12H2,1-2H3. The van der Waals surface area contributed by atoms with Crippen LogP contribution in [0.1, 0.15) is 23.6 Å². The van der Waals surface area contributed by atoms with Gasteiger partial charge in [0, 0.05) is 40.2 Å². The fraction of sp³-hybridized carbons (Fsp3) is 0.562. The van der Waals surface area contributed by atoms with Crippen LogP contribution in [0.2, 0.25) is 0 Å². The van der Waals surface area contributed by atoms with E-state index in [-0.39, 0.29) is 12.5 Å². The molecule has 4 heteroatoms. The summed E-state index contributed by atoms with van der Waals surface area (Å²) >= 11 is 0. The Kier molecular flexibility index (Phi) is 5.15. The van der Waals surface area contributed by atoms with E-state index >= 15 is 0 Å². The average molecular weight is 276 g/mol. The molecule has 0 saturated carbocycles. The molecule has 0 spiro atoms. The van der Waals surface area contributed by atoms with Gasteiger partial charge in [-0.25, -0.2) is 0 Å². The topological polar surface area (TPSA) is 43.8 Å². The van der Waals surface area contributed by atoms with E-state index in [0.29, 0.717) is 6.54 Å². The van der Waals surface area contributed by atoms with Gasteiger partial charge in [-0.05, 0) is 29.5 Å². The second-order valence-corrected chi connectivity index (χ2v) is 5.54. The van der Waals surface area contributed by atoms with Gasteiger partial charge < -0.3 is 14.9 Å². The van der Waals surface area contributed by atoms with Gasteiger partial charge in [-0.3, -0.25) is 4.79 Å². The second kappa shape index (κ2) is 6.86. The first kappa shape index (κ1) is 15.0. The highest BCUT2D eigenvalue weighted by molar-refractivity contribution is 5.72. The largest absolute Gasteiger partial charge is 0.395 e. The van der Waals surface area contributed by atoms with Crippen molar-refractivity contribution in [2.24, 2.45) is 0 Å². The minimum Gasteiger partial charge on any atom is -0.395 e. The number of β-amino-alcohol motifs (C(OH)–C–C–N with tert-alkyl or cyclic N) is 1. The molecule has 0 aromatic heterocycles. The summed E-state index contributed by atoms with van der Waals surface area (Å²) < 4.78 is 0. The number of amides is 1. The summed E-state index contributed by atoms with van der Waals surface area (Å²) in [6.45, 7) is 5.26. The van der Waals surface area contributed by atoms with Crippen molar-refractivity contribution in [1.29, 1.82) is 0 Å². The maximum Gasteiger partial charge on any atom is 0.219 e. The highest BCUT2D eigenvalue weighted by atomic mass is 16.3. The molecule has 4 nitrogen and oxygen atoms in total. The number of carbonyl (C=O) groups is 1. The lowest BCUT2D eigenvalue weighted by Crippen LogP contribution is -2.29. The van der Waals surface area contributed by atoms with E-state index < -0.39 is 0 Å². The Morgan fingerprint density at radius 2 is 2.00 bits per heavy atom. The van der Waals surface area contributed by atoms with Crippen molar-refractivity contribution < 1.29 is 9.90 Å². The van der Waals surface area contributed by atoms with Gasteiger partial charge in [0.2, 0.25) is 5.91 Å². The third-order valence-electron chi connectivity index (χ3n) is 4.04. The Morgan fingerprint density at radius 1 is 1.30 bits per heavy atom. The van der Waals surface area contributed by atoms with Crippen LogP contribution in [-0.4, -0.2) is 54.1 Å². The Labute approximate surface area is 121 Å². The molecule has 2 rings (SSSR count). The summed E-state index contributed by atoms with van der Waals surface area (Å²) in [7, 11) is 1.83. The van der Waals surface area contributed by atoms with Crippen LogP contribution in [0.15, 0.2) is 18.2 Å². The summed E-state index contributed by atoms with van der Waals surface area (Å²) in [4.78, 5) is 15.3. The van der Waals surface area contributed by atoms with Gasteiger partial charge in [0.05, 0.1) is 6.61 Å². The van der Waals surface area contributed by atoms with Gasteiger partial charge in [0.25, 0.3) is 0 Å². The van der Waals surface area contributed by atoms with Crippen LogP contribution in [0.4, 0.5) is 0 Å². The van der Waals surface area contributed by atoms with Gasteiger partial charge in [-0.1, -0.05) is 18.2 Å². The number of nitrogens with zero attached hydrogens (tertiary/aromatic N) is 2. The smallest absolute Gasteiger partial charge is 0.219 e. The van der Waals surface area contributed by atoms with Crippen molar-refractivity contribution in [3.05, 3.63) is 34.9 Å². The molecule has 20 heavy (non-hydrogen) atoms. The predicted octanol–water partition coefficient (Wildman–Crippen LogP) is 1.06. The summed E-state index contributed by atoms with van der Waals surface area (Å²) in [6.07, 6.45) is 2.06. The zero-order valence-corrected chi connectivity index (χ0v) is 12.4. The van der Waals surface area contributed by atoms with Crippen molar-refractivity contribution in [3.8, 4) is 0 Å². The third kappa shape index (κ3) is 3.81. The number of hydrogen-bond donors (Lipinski definition) is 1. The zero-order valence-electron chi connectivity index (χ0n) is 12.4. The van der Waals surface area contributed by atoms with Crippen LogP contribution in [0.25, 0.3) is 0 Å². The first-order valence-electron chi connectivity index (χ1n) is 7.25. The van der Waals surface area contributed by atoms with Crippen molar-refractivity contribution in [2.45, 2.75) is 26.3 Å². The van der Waals surface area contributed by atoms with Crippen LogP contribution >= 0.6 is 0 Å². The van der Waals surface area contributed by atoms with Crippen LogP contribution in [0.3, 0.4) is 0 Å². The molecule has 0 atom stereocenters. The molecule has 0 bridgehead atoms. The number of carbonyl (C=O) groups excluding carboxylic acids is 1. The maximum atomic E-state index is 11.3. The van der Waals surface area contributed by atoms with Gasteiger partial charge >= 0.3 is 0 Å². The predicted molar refractivity (Wildman–Crippen MR) is 79.5 cm³/mol. The molecule has 0 unspecified atom stereocenters. The summed E-state index contributed by atoms with van der Waals surface area (Å²) in [5, 5.41) is 9.04. The zero-order chi connectivity index (χ0) is 14.5. The highest BCUT2D eigenvalue weighted by Crippen LogP contribution is 2.18. The van der Waals surface area contributed by atoms with E-state index in [9.17, 15) is 4.79 Å². The molecule has 1 N–H and O–H groups in total. The molecule has 1 heterocycles. The fourth-order valence-corrected chi connectivity index (χ4v) is 2.67. The molecule has 1 aromatic carbocycles. The molecule has 1 aliphatic rings. The molecule has 0 radical (unpaired) electrons. The minimum absolute atomic E-state index is 0.0917. The Morgan fingerprint density at radius 3 is 2.65 bits per heavy atom. The number of benzene rings is 1. The first-order chi connectivity index (χ1) is 9.60. The summed E-state index contributed by atoms with van der Waals surface area (Å²) in [5.74, 6) is 0.0917. The van der Waals surface area contributed by atoms with Crippen molar-refractivity contribution in [3.63, 3.8) is 0 Å². The van der Waals surface area contributed by atoms with Crippen molar-refractivity contribution >= 4 is 5.91 Å². The fourth-order valence-electron chi connectivity index (χ4n) is 2.67. The van der Waals surface area contributed by atoms with Gasteiger partial charge in [-0.15, -0.1) is 0 Å². The van der Waals surface area contributed by atoms with Gasteiger partial charge in [0.15, 0.2) is 0 Å². The van der Waals surface area contributed by atoms with E-state index in [1.807, 2.05) is 7.05 Å². The third-order valence-corrected chi connectivity index (χ3v) is 4.04. The van der Waals surface area contributed by atoms with E-state index in [0.717, 1.165) is 32.5 Å². The number of rotatable bonds is 4. The summed E-state index contributed by atoms with van der Waals surface area (Å²) in [6, 6.07) is 6.55. The lowest BCUT2D eigenvalue weighted by atomic mass is 10.00. The second-order valence-electron chi connectivity index (χ2n) is 5.54. The maximum absolute atomic E-state index is 11.3. The van der Waals surface area contributed by atoms with Crippen LogP contribution in [0, 0.1) is 0 Å². The Hall–Kier alpha value is -1.39. The number of hydrogen-bond acceptors (Lipinski definition) is 3. The van der Waals surface area contributed by atoms with E-state index in [2.05, 4.69) is 23.1 Å². The minimum atomic E-state index is 0.0917. The van der Waals surface area contributed by atoms with Crippen molar-refractivity contribution in [1.82, 2.24) is 9.80 Å². The monoisotopic (exact) mass is 276 g/mol. The molecule has 0 fully saturated rings. The first-order valence-corrected chi connectivity index (χ1v) is 7.25. The van der Waals surface area contributed by atoms with E-state index in [1.54, 1.807) is 11.8 Å². The lowest BCUT2D eigenvalue weighted by Gasteiger charge is -2.17. The quantitative estimate of drug-likeness (QED) is 0.894. The average Bonchev–Trinajstić information content (AvgIpc) is 2.62. The normalized spacial score (nSPS) is 15.6. The number of fused-ring (bicyclic) bond motifs is 1. The lowest BCUT2D eigenvalue weighted by molar-refractivity contribution is -0.128. The molecule has 110 valence electrons. The number of aliphatic hydroxyl groups excluding tert-OH is 1. The van der Waals surface area contributed by atoms with Crippen molar-refractivity contribution in [2.75, 3.05) is 33.3 Å². The van der Waals surface area contributed by atoms with Crippen LogP contribution in [0.5, 0.6) is 0 Å². The van der Waals surface area contributed by atoms with Gasteiger partial charge in [-0.2, -0.15) is 0 Å². The summed E-state index contributed by atoms with van der Waals surface area (Å²) in [5.41, 5.74) is 3.98. The van der Waals surface area contributed by atoms with Crippen LogP contribution < -0.4 is 0 Å². The molecule has 0 aliphatic carbocycles. The molecular formula is C16H24N2O2. The molecule has 1 amide bonds. The Bertz CT molecular complexity index is 474. The van der Waals surface area contributed by atoms with Gasteiger partial charge in [0.1, 0.15) is 0 Å². The Balaban J connectivity index is 2.07. The van der Waals surface area contributed by atoms with E-state index in [4.69, 9.17) is 5.11 Å². The number of aliphatic hydroxyl groups is 1. The molecule has 0 saturated heterocycles. The molecule has 1 aliphatic heterocycles. The molecule has 1 aromatic rings. The van der Waals surface area contributed by atoms with E-state index in [1.165, 1.54) is 16.7 Å². The molecular weight excluding hydrogens is 252 g/mol. The SMILES string of the molecule is CC(=O)N(C)Cc1ccc2c(c1)CCN(CCO)CC2. The highest BCUT2D eigenvalue weighted by Gasteiger charge is 2.14.